The van der Waals surface area contributed by atoms with E-state index in [1.54, 1.807) is 0 Å². The molecule has 0 spiro atoms. The highest BCUT2D eigenvalue weighted by atomic mass is 16.3. The van der Waals surface area contributed by atoms with Crippen LogP contribution in [0.15, 0.2) is 54.6 Å². The molecule has 3 atom stereocenters. The summed E-state index contributed by atoms with van der Waals surface area (Å²) in [5.41, 5.74) is 9.62. The van der Waals surface area contributed by atoms with Gasteiger partial charge in [-0.25, -0.2) is 0 Å². The molecule has 0 heterocycles. The first kappa shape index (κ1) is 20.2. The maximum Gasteiger partial charge on any atom is 0.0681 e. The first-order valence-electron chi connectivity index (χ1n) is 11.5. The maximum absolute atomic E-state index is 9.94. The quantitative estimate of drug-likeness (QED) is 0.581. The standard InChI is InChI=1S/C29H30O3/c1-26-20-8-5-18(15-31)12-24(20)28(3)22-10-7-19(16-32)13-25(22)27(2,29(26,28)4)21-9-6-17(14-30)11-23(21)26/h5-13,30-32H,14-16H2,1-4H3/t26-,27-,28-,29?/m0/s1. The van der Waals surface area contributed by atoms with Gasteiger partial charge in [0.05, 0.1) is 19.8 Å². The Kier molecular flexibility index (Phi) is 3.72. The van der Waals surface area contributed by atoms with Gasteiger partial charge >= 0.3 is 0 Å². The molecule has 3 aliphatic rings. The lowest BCUT2D eigenvalue weighted by Gasteiger charge is -2.49. The van der Waals surface area contributed by atoms with Crippen molar-refractivity contribution >= 4 is 0 Å². The number of aliphatic hydroxyl groups excluding tert-OH is 3. The molecule has 0 fully saturated rings. The smallest absolute Gasteiger partial charge is 0.0681 e. The van der Waals surface area contributed by atoms with Crippen molar-refractivity contribution in [3.63, 3.8) is 0 Å². The Balaban J connectivity index is 1.84. The third-order valence-corrected chi connectivity index (χ3v) is 10.0. The van der Waals surface area contributed by atoms with Crippen molar-refractivity contribution in [3.8, 4) is 0 Å². The van der Waals surface area contributed by atoms with E-state index in [1.165, 1.54) is 33.4 Å². The van der Waals surface area contributed by atoms with Gasteiger partial charge in [0, 0.05) is 21.7 Å². The average Bonchev–Trinajstić information content (AvgIpc) is 3.18. The summed E-state index contributed by atoms with van der Waals surface area (Å²) in [5, 5.41) is 29.8. The number of aliphatic hydroxyl groups is 3. The molecule has 32 heavy (non-hydrogen) atoms. The fraction of sp³-hybridized carbons (Fsp3) is 0.379. The monoisotopic (exact) mass is 426 g/mol. The molecule has 3 N–H and O–H groups in total. The minimum Gasteiger partial charge on any atom is -0.392 e. The molecule has 3 heteroatoms. The zero-order chi connectivity index (χ0) is 22.7. The SMILES string of the molecule is CC12[C@@]3(C)c4ccc(CO)cc4[C@]1(C)c1ccc(CO)cc1[C@]2(C)c1ccc(CO)cc13. The second-order valence-electron chi connectivity index (χ2n) is 10.6. The molecule has 3 aliphatic carbocycles. The van der Waals surface area contributed by atoms with E-state index in [9.17, 15) is 15.3 Å². The minimum absolute atomic E-state index is 0.0234. The van der Waals surface area contributed by atoms with Crippen LogP contribution in [0.25, 0.3) is 0 Å². The van der Waals surface area contributed by atoms with E-state index in [0.717, 1.165) is 16.7 Å². The Bertz CT molecular complexity index is 1150. The summed E-state index contributed by atoms with van der Waals surface area (Å²) < 4.78 is 0. The first-order chi connectivity index (χ1) is 15.2. The van der Waals surface area contributed by atoms with E-state index in [4.69, 9.17) is 0 Å². The van der Waals surface area contributed by atoms with Gasteiger partial charge in [0.25, 0.3) is 0 Å². The topological polar surface area (TPSA) is 60.7 Å². The molecule has 3 nitrogen and oxygen atoms in total. The fourth-order valence-corrected chi connectivity index (χ4v) is 8.17. The summed E-state index contributed by atoms with van der Waals surface area (Å²) in [5.74, 6) is 0. The summed E-state index contributed by atoms with van der Waals surface area (Å²) in [6, 6.07) is 19.4. The predicted molar refractivity (Wildman–Crippen MR) is 125 cm³/mol. The average molecular weight is 427 g/mol. The normalized spacial score (nSPS) is 33.1. The molecule has 3 aromatic carbocycles. The lowest BCUT2D eigenvalue weighted by Crippen LogP contribution is -2.51. The highest BCUT2D eigenvalue weighted by Crippen LogP contribution is 2.82. The van der Waals surface area contributed by atoms with Gasteiger partial charge in [-0.3, -0.25) is 0 Å². The number of hydrogen-bond acceptors (Lipinski definition) is 3. The molecule has 164 valence electrons. The third kappa shape index (κ3) is 1.74. The van der Waals surface area contributed by atoms with Crippen LogP contribution in [0.2, 0.25) is 0 Å². The lowest BCUT2D eigenvalue weighted by atomic mass is 9.52. The van der Waals surface area contributed by atoms with Gasteiger partial charge in [0.2, 0.25) is 0 Å². The number of fused-ring (bicyclic) bond motifs is 9. The zero-order valence-corrected chi connectivity index (χ0v) is 19.2. The Morgan fingerprint density at radius 1 is 0.469 bits per heavy atom. The molecule has 3 aromatic rings. The summed E-state index contributed by atoms with van der Waals surface area (Å²) in [6.07, 6.45) is 0. The summed E-state index contributed by atoms with van der Waals surface area (Å²) in [6.45, 7) is 9.63. The summed E-state index contributed by atoms with van der Waals surface area (Å²) >= 11 is 0. The number of rotatable bonds is 3. The third-order valence-electron chi connectivity index (χ3n) is 10.0. The van der Waals surface area contributed by atoms with Gasteiger partial charge in [0.15, 0.2) is 0 Å². The largest absolute Gasteiger partial charge is 0.392 e. The van der Waals surface area contributed by atoms with E-state index in [2.05, 4.69) is 82.3 Å². The molecule has 0 aromatic heterocycles. The first-order valence-corrected chi connectivity index (χ1v) is 11.5. The Labute approximate surface area is 189 Å². The molecule has 6 rings (SSSR count). The van der Waals surface area contributed by atoms with Crippen molar-refractivity contribution in [1.29, 1.82) is 0 Å². The van der Waals surface area contributed by atoms with Crippen LogP contribution in [0.4, 0.5) is 0 Å². The highest BCUT2D eigenvalue weighted by Gasteiger charge is 2.79. The van der Waals surface area contributed by atoms with Crippen LogP contribution in [-0.2, 0) is 36.1 Å². The van der Waals surface area contributed by atoms with E-state index >= 15 is 0 Å². The number of benzene rings is 3. The molecule has 0 radical (unpaired) electrons. The van der Waals surface area contributed by atoms with Crippen LogP contribution < -0.4 is 0 Å². The Morgan fingerprint density at radius 2 is 0.750 bits per heavy atom. The van der Waals surface area contributed by atoms with Gasteiger partial charge in [-0.2, -0.15) is 0 Å². The van der Waals surface area contributed by atoms with Gasteiger partial charge in [0.1, 0.15) is 0 Å². The van der Waals surface area contributed by atoms with E-state index in [1.807, 2.05) is 0 Å². The van der Waals surface area contributed by atoms with Crippen LogP contribution in [0.1, 0.15) is 77.8 Å². The zero-order valence-electron chi connectivity index (χ0n) is 19.2. The van der Waals surface area contributed by atoms with Crippen molar-refractivity contribution in [2.45, 2.75) is 63.8 Å². The maximum atomic E-state index is 9.94. The van der Waals surface area contributed by atoms with Crippen LogP contribution in [0, 0.1) is 5.41 Å². The molecular formula is C29H30O3. The van der Waals surface area contributed by atoms with Gasteiger partial charge in [-0.1, -0.05) is 82.3 Å². The second kappa shape index (κ2) is 5.91. The molecule has 0 saturated heterocycles. The highest BCUT2D eigenvalue weighted by molar-refractivity contribution is 5.77. The van der Waals surface area contributed by atoms with Crippen LogP contribution in [0.5, 0.6) is 0 Å². The Hall–Kier alpha value is -2.46. The molecule has 0 amide bonds. The van der Waals surface area contributed by atoms with Crippen molar-refractivity contribution < 1.29 is 15.3 Å². The van der Waals surface area contributed by atoms with Crippen molar-refractivity contribution in [2.24, 2.45) is 5.41 Å². The van der Waals surface area contributed by atoms with Crippen LogP contribution in [0.3, 0.4) is 0 Å². The minimum atomic E-state index is -0.265. The molecule has 0 bridgehead atoms. The van der Waals surface area contributed by atoms with Gasteiger partial charge in [-0.15, -0.1) is 0 Å². The van der Waals surface area contributed by atoms with Crippen molar-refractivity contribution in [2.75, 3.05) is 0 Å². The second-order valence-corrected chi connectivity index (χ2v) is 10.6. The van der Waals surface area contributed by atoms with Gasteiger partial charge in [-0.05, 0) is 50.1 Å². The predicted octanol–water partition coefficient (Wildman–Crippen LogP) is 4.43. The number of hydrogen-bond donors (Lipinski definition) is 3. The van der Waals surface area contributed by atoms with E-state index < -0.39 is 0 Å². The van der Waals surface area contributed by atoms with Gasteiger partial charge < -0.3 is 15.3 Å². The molecule has 0 aliphatic heterocycles. The molecule has 0 unspecified atom stereocenters. The van der Waals surface area contributed by atoms with Crippen LogP contribution >= 0.6 is 0 Å². The van der Waals surface area contributed by atoms with Crippen molar-refractivity contribution in [1.82, 2.24) is 0 Å². The molecular weight excluding hydrogens is 396 g/mol. The summed E-state index contributed by atoms with van der Waals surface area (Å²) in [7, 11) is 0. The summed E-state index contributed by atoms with van der Waals surface area (Å²) in [4.78, 5) is 0. The lowest BCUT2D eigenvalue weighted by molar-refractivity contribution is 0.0996. The van der Waals surface area contributed by atoms with E-state index in [0.29, 0.717) is 0 Å². The fourth-order valence-electron chi connectivity index (χ4n) is 8.17. The van der Waals surface area contributed by atoms with Crippen LogP contribution in [-0.4, -0.2) is 15.3 Å². The van der Waals surface area contributed by atoms with Crippen molar-refractivity contribution in [3.05, 3.63) is 105 Å². The van der Waals surface area contributed by atoms with E-state index in [-0.39, 0.29) is 41.5 Å². The Morgan fingerprint density at radius 3 is 1.00 bits per heavy atom. The molecule has 0 saturated carbocycles.